The third kappa shape index (κ3) is 2.89. The van der Waals surface area contributed by atoms with Crippen molar-refractivity contribution in [1.82, 2.24) is 5.32 Å². The van der Waals surface area contributed by atoms with Crippen LogP contribution in [-0.4, -0.2) is 47.8 Å². The van der Waals surface area contributed by atoms with Gasteiger partial charge in [0.1, 0.15) is 0 Å². The highest BCUT2D eigenvalue weighted by Crippen LogP contribution is 2.16. The van der Waals surface area contributed by atoms with Crippen LogP contribution in [0, 0.1) is 0 Å². The molecule has 0 fully saturated rings. The zero-order chi connectivity index (χ0) is 10.5. The first-order chi connectivity index (χ1) is 5.93. The molecule has 0 radical (unpaired) electrons. The molecule has 13 heavy (non-hydrogen) atoms. The quantitative estimate of drug-likeness (QED) is 0.402. The van der Waals surface area contributed by atoms with Crippen molar-refractivity contribution in [3.8, 4) is 0 Å². The minimum absolute atomic E-state index is 0.00576. The van der Waals surface area contributed by atoms with Gasteiger partial charge in [-0.05, 0) is 6.42 Å². The van der Waals surface area contributed by atoms with E-state index in [1.807, 2.05) is 0 Å². The van der Waals surface area contributed by atoms with Gasteiger partial charge in [0, 0.05) is 6.54 Å². The highest BCUT2D eigenvalue weighted by molar-refractivity contribution is 7.87. The number of aliphatic hydroxyl groups excluding tert-OH is 2. The van der Waals surface area contributed by atoms with Gasteiger partial charge in [-0.2, -0.15) is 8.42 Å². The molecule has 0 aromatic carbocycles. The van der Waals surface area contributed by atoms with Crippen LogP contribution in [0.1, 0.15) is 13.3 Å². The Hall–Kier alpha value is -0.210. The topological polar surface area (TPSA) is 107 Å². The maximum Gasteiger partial charge on any atom is 0.286 e. The Morgan fingerprint density at radius 2 is 1.92 bits per heavy atom. The van der Waals surface area contributed by atoms with Crippen LogP contribution in [0.2, 0.25) is 0 Å². The van der Waals surface area contributed by atoms with Crippen LogP contribution in [-0.2, 0) is 10.1 Å². The second kappa shape index (κ2) is 4.87. The molecule has 0 amide bonds. The standard InChI is InChI=1S/C6H15NO5S/c1-2-6(5-9,7-3-4-8)13(10,11)12/h7-9H,2-5H2,1H3,(H,10,11,12). The summed E-state index contributed by atoms with van der Waals surface area (Å²) in [4.78, 5) is -1.75. The summed E-state index contributed by atoms with van der Waals surface area (Å²) in [5.41, 5.74) is 0. The molecule has 0 bridgehead atoms. The highest BCUT2D eigenvalue weighted by atomic mass is 32.2. The summed E-state index contributed by atoms with van der Waals surface area (Å²) in [5, 5.41) is 19.7. The van der Waals surface area contributed by atoms with Crippen LogP contribution in [0.25, 0.3) is 0 Å². The number of nitrogens with one attached hydrogen (secondary N) is 1. The van der Waals surface area contributed by atoms with Crippen molar-refractivity contribution in [2.24, 2.45) is 0 Å². The predicted molar refractivity (Wildman–Crippen MR) is 46.7 cm³/mol. The van der Waals surface area contributed by atoms with Crippen LogP contribution in [0.15, 0.2) is 0 Å². The minimum Gasteiger partial charge on any atom is -0.395 e. The molecule has 1 unspecified atom stereocenters. The summed E-state index contributed by atoms with van der Waals surface area (Å²) < 4.78 is 30.6. The minimum atomic E-state index is -4.37. The molecular weight excluding hydrogens is 198 g/mol. The second-order valence-corrected chi connectivity index (χ2v) is 4.36. The van der Waals surface area contributed by atoms with Crippen LogP contribution in [0.4, 0.5) is 0 Å². The first-order valence-corrected chi connectivity index (χ1v) is 5.31. The van der Waals surface area contributed by atoms with Gasteiger partial charge in [-0.3, -0.25) is 9.87 Å². The first kappa shape index (κ1) is 12.8. The smallest absolute Gasteiger partial charge is 0.286 e. The Morgan fingerprint density at radius 3 is 2.15 bits per heavy atom. The number of hydrogen-bond donors (Lipinski definition) is 4. The maximum atomic E-state index is 10.9. The molecule has 0 spiro atoms. The second-order valence-electron chi connectivity index (χ2n) is 2.63. The number of hydrogen-bond acceptors (Lipinski definition) is 5. The fraction of sp³-hybridized carbons (Fsp3) is 1.00. The first-order valence-electron chi connectivity index (χ1n) is 3.87. The summed E-state index contributed by atoms with van der Waals surface area (Å²) in [6, 6.07) is 0. The van der Waals surface area contributed by atoms with Gasteiger partial charge in [0.2, 0.25) is 0 Å². The van der Waals surface area contributed by atoms with Crippen molar-refractivity contribution in [2.45, 2.75) is 18.2 Å². The third-order valence-electron chi connectivity index (χ3n) is 1.88. The number of aliphatic hydroxyl groups is 2. The van der Waals surface area contributed by atoms with Crippen LogP contribution >= 0.6 is 0 Å². The molecule has 0 aromatic heterocycles. The third-order valence-corrected chi connectivity index (χ3v) is 3.43. The van der Waals surface area contributed by atoms with E-state index in [2.05, 4.69) is 5.32 Å². The molecule has 6 nitrogen and oxygen atoms in total. The Morgan fingerprint density at radius 1 is 1.38 bits per heavy atom. The van der Waals surface area contributed by atoms with Gasteiger partial charge in [-0.25, -0.2) is 0 Å². The summed E-state index contributed by atoms with van der Waals surface area (Å²) in [5.74, 6) is 0. The molecule has 7 heteroatoms. The van der Waals surface area contributed by atoms with Gasteiger partial charge >= 0.3 is 0 Å². The van der Waals surface area contributed by atoms with E-state index in [9.17, 15) is 8.42 Å². The number of rotatable bonds is 6. The van der Waals surface area contributed by atoms with Gasteiger partial charge in [0.15, 0.2) is 4.87 Å². The van der Waals surface area contributed by atoms with E-state index in [4.69, 9.17) is 14.8 Å². The zero-order valence-electron chi connectivity index (χ0n) is 7.39. The molecule has 0 aromatic rings. The summed E-state index contributed by atoms with van der Waals surface area (Å²) >= 11 is 0. The van der Waals surface area contributed by atoms with E-state index in [0.29, 0.717) is 0 Å². The Balaban J connectivity index is 4.71. The average Bonchev–Trinajstić information content (AvgIpc) is 2.05. The molecule has 0 saturated heterocycles. The molecule has 80 valence electrons. The summed E-state index contributed by atoms with van der Waals surface area (Å²) in [6.45, 7) is 0.502. The monoisotopic (exact) mass is 213 g/mol. The average molecular weight is 213 g/mol. The van der Waals surface area contributed by atoms with E-state index in [-0.39, 0.29) is 19.6 Å². The molecular formula is C6H15NO5S. The van der Waals surface area contributed by atoms with Gasteiger partial charge < -0.3 is 10.2 Å². The summed E-state index contributed by atoms with van der Waals surface area (Å²) in [6.07, 6.45) is 0.0162. The molecule has 0 aliphatic rings. The van der Waals surface area contributed by atoms with E-state index in [1.54, 1.807) is 0 Å². The molecule has 0 saturated carbocycles. The fourth-order valence-electron chi connectivity index (χ4n) is 0.932. The van der Waals surface area contributed by atoms with Crippen molar-refractivity contribution < 1.29 is 23.2 Å². The summed E-state index contributed by atoms with van der Waals surface area (Å²) in [7, 11) is -4.37. The SMILES string of the molecule is CCC(CO)(NCCO)S(=O)(=O)O. The molecule has 0 aliphatic heterocycles. The predicted octanol–water partition coefficient (Wildman–Crippen LogP) is -1.45. The van der Waals surface area contributed by atoms with Crippen molar-refractivity contribution in [3.05, 3.63) is 0 Å². The molecule has 0 rings (SSSR count). The molecule has 4 N–H and O–H groups in total. The lowest BCUT2D eigenvalue weighted by atomic mass is 10.2. The van der Waals surface area contributed by atoms with Gasteiger partial charge in [0.25, 0.3) is 10.1 Å². The zero-order valence-corrected chi connectivity index (χ0v) is 8.21. The van der Waals surface area contributed by atoms with Gasteiger partial charge in [0.05, 0.1) is 13.2 Å². The molecule has 0 heterocycles. The van der Waals surface area contributed by atoms with Crippen molar-refractivity contribution in [2.75, 3.05) is 19.8 Å². The largest absolute Gasteiger partial charge is 0.395 e. The van der Waals surface area contributed by atoms with Crippen LogP contribution in [0.5, 0.6) is 0 Å². The van der Waals surface area contributed by atoms with Crippen LogP contribution in [0.3, 0.4) is 0 Å². The lowest BCUT2D eigenvalue weighted by Crippen LogP contribution is -2.55. The Bertz CT molecular complexity index is 233. The van der Waals surface area contributed by atoms with Crippen molar-refractivity contribution in [1.29, 1.82) is 0 Å². The molecule has 1 atom stereocenters. The van der Waals surface area contributed by atoms with Crippen molar-refractivity contribution >= 4 is 10.1 Å². The van der Waals surface area contributed by atoms with Crippen molar-refractivity contribution in [3.63, 3.8) is 0 Å². The van der Waals surface area contributed by atoms with E-state index in [0.717, 1.165) is 0 Å². The fourth-order valence-corrected chi connectivity index (χ4v) is 1.74. The van der Waals surface area contributed by atoms with Gasteiger partial charge in [-0.15, -0.1) is 0 Å². The lowest BCUT2D eigenvalue weighted by molar-refractivity contribution is 0.190. The van der Waals surface area contributed by atoms with E-state index < -0.39 is 21.6 Å². The lowest BCUT2D eigenvalue weighted by Gasteiger charge is -2.27. The van der Waals surface area contributed by atoms with E-state index in [1.165, 1.54) is 6.92 Å². The van der Waals surface area contributed by atoms with Crippen LogP contribution < -0.4 is 5.32 Å². The normalized spacial score (nSPS) is 16.9. The Labute approximate surface area is 77.3 Å². The van der Waals surface area contributed by atoms with E-state index >= 15 is 0 Å². The van der Waals surface area contributed by atoms with Gasteiger partial charge in [-0.1, -0.05) is 6.92 Å². The maximum absolute atomic E-state index is 10.9. The highest BCUT2D eigenvalue weighted by Gasteiger charge is 2.40. The molecule has 0 aliphatic carbocycles. The Kier molecular flexibility index (Phi) is 4.79.